The third kappa shape index (κ3) is 4.80. The molecule has 1 saturated carbocycles. The normalized spacial score (nSPS) is 20.9. The van der Waals surface area contributed by atoms with Crippen LogP contribution in [0.15, 0.2) is 0 Å². The van der Waals surface area contributed by atoms with Gasteiger partial charge in [-0.25, -0.2) is 13.1 Å². The highest BCUT2D eigenvalue weighted by Crippen LogP contribution is 2.25. The van der Waals surface area contributed by atoms with E-state index in [4.69, 9.17) is 5.73 Å². The van der Waals surface area contributed by atoms with Crippen LogP contribution in [0.4, 0.5) is 0 Å². The van der Waals surface area contributed by atoms with Crippen molar-refractivity contribution in [3.05, 3.63) is 0 Å². The molecular weight excluding hydrogens is 224 g/mol. The van der Waals surface area contributed by atoms with E-state index in [0.29, 0.717) is 13.0 Å². The molecule has 1 fully saturated rings. The van der Waals surface area contributed by atoms with E-state index in [1.807, 2.05) is 6.92 Å². The number of rotatable bonds is 6. The Labute approximate surface area is 99.0 Å². The van der Waals surface area contributed by atoms with Gasteiger partial charge in [0.25, 0.3) is 0 Å². The lowest BCUT2D eigenvalue weighted by Gasteiger charge is -2.33. The highest BCUT2D eigenvalue weighted by atomic mass is 32.2. The minimum absolute atomic E-state index is 0.222. The Hall–Kier alpha value is -0.130. The Morgan fingerprint density at radius 3 is 2.44 bits per heavy atom. The summed E-state index contributed by atoms with van der Waals surface area (Å²) >= 11 is 0. The Morgan fingerprint density at radius 1 is 1.25 bits per heavy atom. The second-order valence-electron chi connectivity index (χ2n) is 4.92. The number of unbranched alkanes of at least 4 members (excludes halogenated alkanes) is 1. The fourth-order valence-electron chi connectivity index (χ4n) is 2.09. The fourth-order valence-corrected chi connectivity index (χ4v) is 3.41. The van der Waals surface area contributed by atoms with Gasteiger partial charge in [-0.1, -0.05) is 32.6 Å². The SMILES string of the molecule is CCCCS(=O)(=O)NCC1(N)CCCCC1. The fraction of sp³-hybridized carbons (Fsp3) is 1.00. The third-order valence-corrected chi connectivity index (χ3v) is 4.67. The van der Waals surface area contributed by atoms with E-state index in [2.05, 4.69) is 4.72 Å². The molecule has 1 rings (SSSR count). The Kier molecular flexibility index (Phi) is 5.21. The predicted octanol–water partition coefficient (Wildman–Crippen LogP) is 1.37. The molecular formula is C11H24N2O2S. The van der Waals surface area contributed by atoms with E-state index in [1.54, 1.807) is 0 Å². The molecule has 0 unspecified atom stereocenters. The summed E-state index contributed by atoms with van der Waals surface area (Å²) in [6.07, 6.45) is 6.94. The lowest BCUT2D eigenvalue weighted by molar-refractivity contribution is 0.296. The molecule has 96 valence electrons. The first kappa shape index (κ1) is 13.9. The molecule has 0 aromatic carbocycles. The second kappa shape index (κ2) is 5.98. The number of hydrogen-bond donors (Lipinski definition) is 2. The maximum absolute atomic E-state index is 11.6. The molecule has 0 amide bonds. The molecule has 0 radical (unpaired) electrons. The van der Waals surface area contributed by atoms with E-state index in [1.165, 1.54) is 6.42 Å². The molecule has 0 aromatic heterocycles. The van der Waals surface area contributed by atoms with Crippen molar-refractivity contribution in [3.8, 4) is 0 Å². The zero-order valence-corrected chi connectivity index (χ0v) is 11.0. The molecule has 3 N–H and O–H groups in total. The van der Waals surface area contributed by atoms with Crippen LogP contribution in [0, 0.1) is 0 Å². The van der Waals surface area contributed by atoms with Crippen molar-refractivity contribution in [1.29, 1.82) is 0 Å². The van der Waals surface area contributed by atoms with Gasteiger partial charge in [0.2, 0.25) is 10.0 Å². The van der Waals surface area contributed by atoms with Crippen LogP contribution in [0.3, 0.4) is 0 Å². The standard InChI is InChI=1S/C11H24N2O2S/c1-2-3-9-16(14,15)13-10-11(12)7-5-4-6-8-11/h13H,2-10,12H2,1H3. The lowest BCUT2D eigenvalue weighted by atomic mass is 9.83. The molecule has 1 aliphatic carbocycles. The molecule has 0 atom stereocenters. The maximum Gasteiger partial charge on any atom is 0.211 e. The van der Waals surface area contributed by atoms with Crippen LogP contribution >= 0.6 is 0 Å². The van der Waals surface area contributed by atoms with Crippen molar-refractivity contribution in [2.45, 2.75) is 57.4 Å². The maximum atomic E-state index is 11.6. The van der Waals surface area contributed by atoms with Gasteiger partial charge in [-0.05, 0) is 19.3 Å². The molecule has 0 heterocycles. The summed E-state index contributed by atoms with van der Waals surface area (Å²) in [6.45, 7) is 2.39. The van der Waals surface area contributed by atoms with E-state index in [9.17, 15) is 8.42 Å². The Bertz CT molecular complexity index is 295. The van der Waals surface area contributed by atoms with Gasteiger partial charge in [-0.3, -0.25) is 0 Å². The zero-order valence-electron chi connectivity index (χ0n) is 10.2. The summed E-state index contributed by atoms with van der Waals surface area (Å²) in [5, 5.41) is 0. The Morgan fingerprint density at radius 2 is 1.88 bits per heavy atom. The minimum Gasteiger partial charge on any atom is -0.324 e. The average molecular weight is 248 g/mol. The molecule has 0 aromatic rings. The lowest BCUT2D eigenvalue weighted by Crippen LogP contribution is -2.51. The summed E-state index contributed by atoms with van der Waals surface area (Å²) in [5.41, 5.74) is 5.86. The number of nitrogens with one attached hydrogen (secondary N) is 1. The van der Waals surface area contributed by atoms with Crippen molar-refractivity contribution in [2.24, 2.45) is 5.73 Å². The largest absolute Gasteiger partial charge is 0.324 e. The van der Waals surface area contributed by atoms with Crippen molar-refractivity contribution in [1.82, 2.24) is 4.72 Å². The Balaban J connectivity index is 2.37. The summed E-state index contributed by atoms with van der Waals surface area (Å²) in [6, 6.07) is 0. The highest BCUT2D eigenvalue weighted by molar-refractivity contribution is 7.89. The zero-order chi connectivity index (χ0) is 12.1. The topological polar surface area (TPSA) is 72.2 Å². The molecule has 16 heavy (non-hydrogen) atoms. The highest BCUT2D eigenvalue weighted by Gasteiger charge is 2.28. The quantitative estimate of drug-likeness (QED) is 0.745. The smallest absolute Gasteiger partial charge is 0.211 e. The van der Waals surface area contributed by atoms with Crippen molar-refractivity contribution >= 4 is 10.0 Å². The van der Waals surface area contributed by atoms with Gasteiger partial charge in [-0.2, -0.15) is 0 Å². The van der Waals surface area contributed by atoms with E-state index in [0.717, 1.165) is 32.1 Å². The molecule has 0 bridgehead atoms. The van der Waals surface area contributed by atoms with Crippen LogP contribution < -0.4 is 10.5 Å². The molecule has 0 saturated heterocycles. The van der Waals surface area contributed by atoms with Crippen LogP contribution in [0.2, 0.25) is 0 Å². The first-order valence-corrected chi connectivity index (χ1v) is 7.89. The van der Waals surface area contributed by atoms with Crippen molar-refractivity contribution < 1.29 is 8.42 Å². The third-order valence-electron chi connectivity index (χ3n) is 3.26. The summed E-state index contributed by atoms with van der Waals surface area (Å²) in [5.74, 6) is 0.222. The summed E-state index contributed by atoms with van der Waals surface area (Å²) in [7, 11) is -3.11. The predicted molar refractivity (Wildman–Crippen MR) is 66.7 cm³/mol. The second-order valence-corrected chi connectivity index (χ2v) is 6.84. The average Bonchev–Trinajstić information content (AvgIpc) is 2.25. The molecule has 5 heteroatoms. The van der Waals surface area contributed by atoms with E-state index >= 15 is 0 Å². The molecule has 1 aliphatic rings. The van der Waals surface area contributed by atoms with E-state index in [-0.39, 0.29) is 11.3 Å². The van der Waals surface area contributed by atoms with Gasteiger partial charge in [0.05, 0.1) is 5.75 Å². The minimum atomic E-state index is -3.11. The van der Waals surface area contributed by atoms with Gasteiger partial charge < -0.3 is 5.73 Å². The summed E-state index contributed by atoms with van der Waals surface area (Å²) < 4.78 is 25.9. The molecule has 0 aliphatic heterocycles. The molecule has 4 nitrogen and oxygen atoms in total. The van der Waals surface area contributed by atoms with Gasteiger partial charge >= 0.3 is 0 Å². The van der Waals surface area contributed by atoms with Gasteiger partial charge in [-0.15, -0.1) is 0 Å². The first-order chi connectivity index (χ1) is 7.47. The van der Waals surface area contributed by atoms with Crippen LogP contribution in [-0.4, -0.2) is 26.3 Å². The molecule has 0 spiro atoms. The van der Waals surface area contributed by atoms with Crippen molar-refractivity contribution in [2.75, 3.05) is 12.3 Å². The van der Waals surface area contributed by atoms with Crippen LogP contribution in [0.5, 0.6) is 0 Å². The van der Waals surface area contributed by atoms with Gasteiger partial charge in [0.1, 0.15) is 0 Å². The number of nitrogens with two attached hydrogens (primary N) is 1. The summed E-state index contributed by atoms with van der Waals surface area (Å²) in [4.78, 5) is 0. The van der Waals surface area contributed by atoms with Crippen molar-refractivity contribution in [3.63, 3.8) is 0 Å². The van der Waals surface area contributed by atoms with E-state index < -0.39 is 10.0 Å². The van der Waals surface area contributed by atoms with Crippen LogP contribution in [0.1, 0.15) is 51.9 Å². The van der Waals surface area contributed by atoms with Gasteiger partial charge in [0.15, 0.2) is 0 Å². The monoisotopic (exact) mass is 248 g/mol. The van der Waals surface area contributed by atoms with Crippen LogP contribution in [0.25, 0.3) is 0 Å². The van der Waals surface area contributed by atoms with Gasteiger partial charge in [0, 0.05) is 12.1 Å². The number of sulfonamides is 1. The van der Waals surface area contributed by atoms with Crippen LogP contribution in [-0.2, 0) is 10.0 Å². The first-order valence-electron chi connectivity index (χ1n) is 6.24. The number of hydrogen-bond acceptors (Lipinski definition) is 3.